The second-order valence-corrected chi connectivity index (χ2v) is 4.87. The van der Waals surface area contributed by atoms with E-state index in [1.54, 1.807) is 31.5 Å². The maximum absolute atomic E-state index is 9.79. The number of hydrogen-bond donors (Lipinski definition) is 1. The molecule has 0 saturated carbocycles. The Morgan fingerprint density at radius 1 is 1.25 bits per heavy atom. The van der Waals surface area contributed by atoms with E-state index in [1.807, 2.05) is 31.2 Å². The summed E-state index contributed by atoms with van der Waals surface area (Å²) in [6.07, 6.45) is 1.64. The zero-order valence-corrected chi connectivity index (χ0v) is 12.1. The van der Waals surface area contributed by atoms with Crippen LogP contribution in [0.2, 0.25) is 5.02 Å². The van der Waals surface area contributed by atoms with Gasteiger partial charge in [-0.1, -0.05) is 23.7 Å². The predicted octanol–water partition coefficient (Wildman–Crippen LogP) is 4.23. The van der Waals surface area contributed by atoms with Crippen molar-refractivity contribution >= 4 is 17.8 Å². The summed E-state index contributed by atoms with van der Waals surface area (Å²) in [4.78, 5) is 4.44. The molecule has 3 nitrogen and oxygen atoms in total. The number of aromatic hydroxyl groups is 1. The molecule has 0 fully saturated rings. The molecule has 4 heteroatoms. The fourth-order valence-electron chi connectivity index (χ4n) is 1.81. The molecule has 0 spiro atoms. The van der Waals surface area contributed by atoms with E-state index in [4.69, 9.17) is 16.3 Å². The van der Waals surface area contributed by atoms with Crippen molar-refractivity contribution in [2.75, 3.05) is 7.11 Å². The first-order chi connectivity index (χ1) is 9.60. The molecule has 0 saturated heterocycles. The van der Waals surface area contributed by atoms with Gasteiger partial charge in [0.15, 0.2) is 0 Å². The molecule has 0 aliphatic carbocycles. The van der Waals surface area contributed by atoms with Crippen LogP contribution in [0.15, 0.2) is 47.5 Å². The summed E-state index contributed by atoms with van der Waals surface area (Å²) in [5, 5.41) is 10.5. The molecule has 1 N–H and O–H groups in total. The summed E-state index contributed by atoms with van der Waals surface area (Å²) in [7, 11) is 1.59. The lowest BCUT2D eigenvalue weighted by molar-refractivity contribution is 0.412. The molecule has 2 aromatic carbocycles. The number of aliphatic imine (C=N–C) groups is 1. The fourth-order valence-corrected chi connectivity index (χ4v) is 2.01. The van der Waals surface area contributed by atoms with Crippen LogP contribution in [-0.4, -0.2) is 18.4 Å². The van der Waals surface area contributed by atoms with Crippen LogP contribution < -0.4 is 4.74 Å². The Hall–Kier alpha value is -2.00. The molecule has 0 aliphatic rings. The highest BCUT2D eigenvalue weighted by molar-refractivity contribution is 6.30. The molecule has 0 aliphatic heterocycles. The van der Waals surface area contributed by atoms with Crippen molar-refractivity contribution in [1.29, 1.82) is 0 Å². The number of hydrogen-bond acceptors (Lipinski definition) is 3. The number of methoxy groups -OCH3 is 1. The Morgan fingerprint density at radius 3 is 2.75 bits per heavy atom. The van der Waals surface area contributed by atoms with Crippen molar-refractivity contribution in [2.24, 2.45) is 4.99 Å². The zero-order valence-electron chi connectivity index (χ0n) is 11.4. The Bertz CT molecular complexity index is 626. The van der Waals surface area contributed by atoms with Gasteiger partial charge >= 0.3 is 0 Å². The van der Waals surface area contributed by atoms with Crippen molar-refractivity contribution in [3.05, 3.63) is 58.6 Å². The lowest BCUT2D eigenvalue weighted by Crippen LogP contribution is -1.92. The van der Waals surface area contributed by atoms with Crippen molar-refractivity contribution < 1.29 is 9.84 Å². The average molecular weight is 290 g/mol. The van der Waals surface area contributed by atoms with Gasteiger partial charge in [-0.25, -0.2) is 0 Å². The normalized spacial score (nSPS) is 12.6. The van der Waals surface area contributed by atoms with Gasteiger partial charge < -0.3 is 9.84 Å². The van der Waals surface area contributed by atoms with E-state index in [2.05, 4.69) is 4.99 Å². The first kappa shape index (κ1) is 14.4. The summed E-state index contributed by atoms with van der Waals surface area (Å²) in [5.41, 5.74) is 1.65. The highest BCUT2D eigenvalue weighted by Crippen LogP contribution is 2.23. The molecule has 0 aromatic heterocycles. The first-order valence-electron chi connectivity index (χ1n) is 6.26. The van der Waals surface area contributed by atoms with E-state index in [-0.39, 0.29) is 11.8 Å². The minimum Gasteiger partial charge on any atom is -0.507 e. The lowest BCUT2D eigenvalue weighted by atomic mass is 10.1. The summed E-state index contributed by atoms with van der Waals surface area (Å²) < 4.78 is 5.13. The molecule has 0 amide bonds. The van der Waals surface area contributed by atoms with Crippen LogP contribution in [0.25, 0.3) is 0 Å². The minimum atomic E-state index is -0.0423. The van der Waals surface area contributed by atoms with E-state index in [0.29, 0.717) is 16.3 Å². The van der Waals surface area contributed by atoms with Crippen LogP contribution in [0.3, 0.4) is 0 Å². The minimum absolute atomic E-state index is 0.0423. The third kappa shape index (κ3) is 3.52. The molecule has 2 rings (SSSR count). The van der Waals surface area contributed by atoms with Gasteiger partial charge in [-0.2, -0.15) is 0 Å². The Morgan fingerprint density at radius 2 is 2.05 bits per heavy atom. The van der Waals surface area contributed by atoms with E-state index in [9.17, 15) is 5.11 Å². The number of phenols is 1. The molecular formula is C16H16ClNO2. The Kier molecular flexibility index (Phi) is 4.64. The zero-order chi connectivity index (χ0) is 14.5. The molecule has 1 atom stereocenters. The van der Waals surface area contributed by atoms with Crippen molar-refractivity contribution in [3.63, 3.8) is 0 Å². The van der Waals surface area contributed by atoms with E-state index < -0.39 is 0 Å². The third-order valence-corrected chi connectivity index (χ3v) is 3.24. The molecule has 0 heterocycles. The van der Waals surface area contributed by atoms with Crippen molar-refractivity contribution in [1.82, 2.24) is 0 Å². The van der Waals surface area contributed by atoms with Crippen LogP contribution in [0.5, 0.6) is 11.5 Å². The van der Waals surface area contributed by atoms with Gasteiger partial charge in [-0.3, -0.25) is 4.99 Å². The number of benzene rings is 2. The average Bonchev–Trinajstić information content (AvgIpc) is 2.46. The number of nitrogens with zero attached hydrogens (tertiary/aromatic N) is 1. The number of ether oxygens (including phenoxy) is 1. The number of phenolic OH excluding ortho intramolecular Hbond substituents is 1. The monoisotopic (exact) mass is 289 g/mol. The quantitative estimate of drug-likeness (QED) is 0.856. The van der Waals surface area contributed by atoms with Gasteiger partial charge in [0.2, 0.25) is 0 Å². The van der Waals surface area contributed by atoms with Gasteiger partial charge in [-0.15, -0.1) is 0 Å². The summed E-state index contributed by atoms with van der Waals surface area (Å²) in [6.45, 7) is 1.97. The Labute approximate surface area is 123 Å². The van der Waals surface area contributed by atoms with Crippen molar-refractivity contribution in [2.45, 2.75) is 13.0 Å². The van der Waals surface area contributed by atoms with Crippen molar-refractivity contribution in [3.8, 4) is 11.5 Å². The first-order valence-corrected chi connectivity index (χ1v) is 6.63. The van der Waals surface area contributed by atoms with Crippen LogP contribution in [-0.2, 0) is 0 Å². The highest BCUT2D eigenvalue weighted by atomic mass is 35.5. The molecule has 20 heavy (non-hydrogen) atoms. The van der Waals surface area contributed by atoms with Gasteiger partial charge in [0.1, 0.15) is 11.5 Å². The van der Waals surface area contributed by atoms with Gasteiger partial charge in [0.05, 0.1) is 13.2 Å². The molecular weight excluding hydrogens is 274 g/mol. The largest absolute Gasteiger partial charge is 0.507 e. The molecule has 0 bridgehead atoms. The Balaban J connectivity index is 2.20. The van der Waals surface area contributed by atoms with Gasteiger partial charge in [-0.05, 0) is 42.8 Å². The smallest absolute Gasteiger partial charge is 0.124 e. The summed E-state index contributed by atoms with van der Waals surface area (Å²) in [6, 6.07) is 12.6. The third-order valence-electron chi connectivity index (χ3n) is 3.00. The van der Waals surface area contributed by atoms with Crippen LogP contribution >= 0.6 is 11.6 Å². The molecule has 0 unspecified atom stereocenters. The maximum Gasteiger partial charge on any atom is 0.124 e. The fraction of sp³-hybridized carbons (Fsp3) is 0.188. The standard InChI is InChI=1S/C16H16ClNO2/c1-11(12-4-3-5-14(17)8-12)18-10-13-9-15(20-2)6-7-16(13)19/h3-11,19H,1-2H3/t11-/m0/s1. The second kappa shape index (κ2) is 6.44. The molecule has 0 radical (unpaired) electrons. The van der Waals surface area contributed by atoms with Gasteiger partial charge in [0, 0.05) is 16.8 Å². The van der Waals surface area contributed by atoms with Crippen LogP contribution in [0.1, 0.15) is 24.1 Å². The summed E-state index contributed by atoms with van der Waals surface area (Å²) >= 11 is 5.96. The van der Waals surface area contributed by atoms with Gasteiger partial charge in [0.25, 0.3) is 0 Å². The number of halogens is 1. The molecule has 104 valence electrons. The van der Waals surface area contributed by atoms with E-state index >= 15 is 0 Å². The lowest BCUT2D eigenvalue weighted by Gasteiger charge is -2.08. The van der Waals surface area contributed by atoms with E-state index in [0.717, 1.165) is 5.56 Å². The highest BCUT2D eigenvalue weighted by Gasteiger charge is 2.05. The van der Waals surface area contributed by atoms with Crippen LogP contribution in [0.4, 0.5) is 0 Å². The topological polar surface area (TPSA) is 41.8 Å². The maximum atomic E-state index is 9.79. The number of rotatable bonds is 4. The summed E-state index contributed by atoms with van der Waals surface area (Å²) in [5.74, 6) is 0.854. The molecule has 2 aromatic rings. The van der Waals surface area contributed by atoms with Crippen LogP contribution in [0, 0.1) is 0 Å². The van der Waals surface area contributed by atoms with E-state index in [1.165, 1.54) is 0 Å². The second-order valence-electron chi connectivity index (χ2n) is 4.43. The predicted molar refractivity (Wildman–Crippen MR) is 82.1 cm³/mol. The SMILES string of the molecule is COc1ccc(O)c(C=N[C@@H](C)c2cccc(Cl)c2)c1.